The predicted molar refractivity (Wildman–Crippen MR) is 130 cm³/mol. The van der Waals surface area contributed by atoms with Gasteiger partial charge in [-0.05, 0) is 81.1 Å². The minimum atomic E-state index is -4.12. The second-order valence-electron chi connectivity index (χ2n) is 11.3. The van der Waals surface area contributed by atoms with E-state index in [0.717, 1.165) is 6.92 Å². The van der Waals surface area contributed by atoms with Gasteiger partial charge in [0.2, 0.25) is 0 Å². The zero-order valence-corrected chi connectivity index (χ0v) is 19.9. The standard InChI is InChI=1S/C29H41NO4/c1-25(2,3)26(4,32)20-15-27-10-11-29(20,33-5)24-28(27)12-13-30(16-17-6-7-17)21(27)14-18-8-9-19(31)23(34-24)22(18)28/h8-9,17,20-21,24,31-32H,6-7,10-16H2,1-5H3/t20-,21-,24-,26+,27-,28+,29-/m1/s1/i8D,9D,10D2,11D2,12D2,13D2,14D2,15D2,20D,21D,24D. The Morgan fingerprint density at radius 3 is 2.71 bits per heavy atom. The fraction of sp³-hybridized carbons (Fsp3) is 0.793. The van der Waals surface area contributed by atoms with Gasteiger partial charge < -0.3 is 19.7 Å². The third-order valence-electron chi connectivity index (χ3n) is 8.53. The van der Waals surface area contributed by atoms with Gasteiger partial charge in [0.25, 0.3) is 0 Å². The molecule has 1 aromatic carbocycles. The lowest BCUT2D eigenvalue weighted by molar-refractivity contribution is -0.312. The van der Waals surface area contributed by atoms with Crippen LogP contribution in [-0.4, -0.2) is 58.6 Å². The first-order valence-electron chi connectivity index (χ1n) is 20.2. The van der Waals surface area contributed by atoms with E-state index >= 15 is 0 Å². The van der Waals surface area contributed by atoms with E-state index in [1.807, 2.05) is 0 Å². The van der Waals surface area contributed by atoms with Crippen LogP contribution in [0.2, 0.25) is 0 Å². The molecule has 5 fully saturated rings. The summed E-state index contributed by atoms with van der Waals surface area (Å²) in [4.78, 5) is 0.323. The molecular weight excluding hydrogens is 426 g/mol. The average Bonchev–Trinajstić information content (AvgIpc) is 3.74. The molecule has 2 aliphatic heterocycles. The third-order valence-corrected chi connectivity index (χ3v) is 8.53. The summed E-state index contributed by atoms with van der Waals surface area (Å²) >= 11 is 0. The maximum atomic E-state index is 12.7. The van der Waals surface area contributed by atoms with Crippen LogP contribution in [0.1, 0.15) is 100 Å². The molecule has 2 N–H and O–H groups in total. The summed E-state index contributed by atoms with van der Waals surface area (Å²) in [6.45, 7) is 0.603. The number of hydrogen-bond acceptors (Lipinski definition) is 5. The van der Waals surface area contributed by atoms with E-state index in [9.17, 15) is 30.8 Å². The molecular formula is C29H41NO4. The molecule has 5 nitrogen and oxygen atoms in total. The van der Waals surface area contributed by atoms with Crippen molar-refractivity contribution < 1.29 is 43.0 Å². The molecule has 5 heteroatoms. The van der Waals surface area contributed by atoms with Crippen molar-refractivity contribution in [3.63, 3.8) is 0 Å². The van der Waals surface area contributed by atoms with Crippen LogP contribution < -0.4 is 4.74 Å². The average molecular weight is 485 g/mol. The highest BCUT2D eigenvalue weighted by Crippen LogP contribution is 2.78. The van der Waals surface area contributed by atoms with Crippen LogP contribution in [0.5, 0.6) is 11.5 Å². The molecule has 7 atom stereocenters. The Labute approximate surface area is 227 Å². The highest BCUT2D eigenvalue weighted by molar-refractivity contribution is 5.63. The third kappa shape index (κ3) is 2.25. The van der Waals surface area contributed by atoms with Gasteiger partial charge in [0, 0.05) is 61.2 Å². The largest absolute Gasteiger partial charge is 0.504 e. The molecule has 0 unspecified atom stereocenters. The Balaban J connectivity index is 1.93. The zero-order valence-electron chi connectivity index (χ0n) is 36.9. The van der Waals surface area contributed by atoms with E-state index in [-0.39, 0.29) is 0 Å². The van der Waals surface area contributed by atoms with E-state index in [1.54, 1.807) is 0 Å². The van der Waals surface area contributed by atoms with Crippen LogP contribution in [-0.2, 0) is 16.5 Å². The molecule has 0 radical (unpaired) electrons. The molecule has 4 bridgehead atoms. The summed E-state index contributed by atoms with van der Waals surface area (Å²) < 4.78 is 178. The highest BCUT2D eigenvalue weighted by Gasteiger charge is 2.82. The number of likely N-dealkylation sites (tertiary alicyclic amines) is 1. The van der Waals surface area contributed by atoms with Crippen molar-refractivity contribution in [1.82, 2.24) is 4.90 Å². The maximum Gasteiger partial charge on any atom is 0.165 e. The number of phenolic OH excluding ortho intramolecular Hbond substituents is 1. The van der Waals surface area contributed by atoms with Crippen molar-refractivity contribution in [3.8, 4) is 11.5 Å². The lowest BCUT2D eigenvalue weighted by atomic mass is 9.33. The van der Waals surface area contributed by atoms with Crippen molar-refractivity contribution in [2.75, 3.05) is 20.2 Å². The summed E-state index contributed by atoms with van der Waals surface area (Å²) in [6.07, 6.45) is -23.0. The van der Waals surface area contributed by atoms with Crippen molar-refractivity contribution >= 4 is 0 Å². The first-order chi connectivity index (χ1) is 22.6. The molecule has 1 saturated heterocycles. The number of rotatable bonds is 4. The molecule has 1 aromatic rings. The lowest BCUT2D eigenvalue weighted by Crippen LogP contribution is -2.83. The van der Waals surface area contributed by atoms with E-state index in [2.05, 4.69) is 0 Å². The van der Waals surface area contributed by atoms with Gasteiger partial charge in [-0.1, -0.05) is 26.8 Å². The van der Waals surface area contributed by atoms with E-state index in [4.69, 9.17) is 12.2 Å². The van der Waals surface area contributed by atoms with Gasteiger partial charge in [0.1, 0.15) is 11.7 Å². The van der Waals surface area contributed by atoms with E-state index < -0.39 is 131 Å². The SMILES string of the molecule is [2H]c1c([2H])c2c3c(c1O)O[C@@]1([2H])[C@@]4(OC)C([2H])([2H])C([2H])([2H])[C@]5(C([2H])([2H])[C@]4([2H])[C@](C)(O)C(C)(C)C)[C@@]31C([2H])([2H])C([2H])([2H])N(CC1CC1)[C@]5([2H])C2([2H])[2H]. The molecule has 8 rings (SSSR count). The summed E-state index contributed by atoms with van der Waals surface area (Å²) in [5.74, 6) is -6.79. The second-order valence-corrected chi connectivity index (χ2v) is 11.3. The molecule has 5 aliphatic carbocycles. The summed E-state index contributed by atoms with van der Waals surface area (Å²) in [5, 5.41) is 24.1. The minimum absolute atomic E-state index is 0.323. The number of methoxy groups -OCH3 is 1. The van der Waals surface area contributed by atoms with Gasteiger partial charge in [-0.2, -0.15) is 0 Å². The van der Waals surface area contributed by atoms with Crippen LogP contribution in [0, 0.1) is 22.6 Å². The van der Waals surface area contributed by atoms with Gasteiger partial charge in [0.05, 0.1) is 9.71 Å². The Hall–Kier alpha value is -1.30. The van der Waals surface area contributed by atoms with Gasteiger partial charge in [-0.3, -0.25) is 4.90 Å². The molecule has 2 spiro atoms. The van der Waals surface area contributed by atoms with Gasteiger partial charge in [-0.25, -0.2) is 0 Å². The topological polar surface area (TPSA) is 62.2 Å². The zero-order chi connectivity index (χ0) is 39.2. The van der Waals surface area contributed by atoms with Crippen LogP contribution in [0.15, 0.2) is 12.1 Å². The quantitative estimate of drug-likeness (QED) is 0.663. The summed E-state index contributed by atoms with van der Waals surface area (Å²) in [5.41, 5.74) is -18.6. The smallest absolute Gasteiger partial charge is 0.165 e. The Bertz CT molecular complexity index is 1810. The molecule has 34 heavy (non-hydrogen) atoms. The van der Waals surface area contributed by atoms with Crippen molar-refractivity contribution in [3.05, 3.63) is 23.2 Å². The number of ether oxygens (including phenoxy) is 2. The number of nitrogens with zero attached hydrogens (tertiary/aromatic N) is 1. The fourth-order valence-electron chi connectivity index (χ4n) is 5.90. The number of fused-ring (bicyclic) bond motifs is 2. The van der Waals surface area contributed by atoms with Crippen LogP contribution >= 0.6 is 0 Å². The number of piperidine rings is 1. The predicted octanol–water partition coefficient (Wildman–Crippen LogP) is 4.41. The van der Waals surface area contributed by atoms with Crippen molar-refractivity contribution in [2.45, 2.75) is 101 Å². The van der Waals surface area contributed by atoms with Crippen LogP contribution in [0.25, 0.3) is 0 Å². The lowest BCUT2D eigenvalue weighted by Gasteiger charge is -2.75. The number of phenols is 1. The second kappa shape index (κ2) is 6.33. The van der Waals surface area contributed by atoms with Crippen molar-refractivity contribution in [2.24, 2.45) is 22.6 Å². The van der Waals surface area contributed by atoms with Crippen molar-refractivity contribution in [1.29, 1.82) is 0 Å². The molecule has 0 amide bonds. The Morgan fingerprint density at radius 1 is 1.26 bits per heavy atom. The molecule has 186 valence electrons. The Morgan fingerprint density at radius 2 is 2.03 bits per heavy atom. The molecule has 4 saturated carbocycles. The highest BCUT2D eigenvalue weighted by atomic mass is 16.6. The van der Waals surface area contributed by atoms with E-state index in [1.165, 1.54) is 20.8 Å². The first-order valence-corrected chi connectivity index (χ1v) is 11.7. The summed E-state index contributed by atoms with van der Waals surface area (Å²) in [6, 6.07) is -6.22. The first kappa shape index (κ1) is 10.6. The van der Waals surface area contributed by atoms with Crippen LogP contribution in [0.3, 0.4) is 0 Å². The fourth-order valence-corrected chi connectivity index (χ4v) is 5.90. The molecule has 7 aliphatic rings. The van der Waals surface area contributed by atoms with Gasteiger partial charge in [-0.15, -0.1) is 0 Å². The Kier molecular flexibility index (Phi) is 1.97. The number of aromatic hydroxyl groups is 1. The molecule has 2 heterocycles. The minimum Gasteiger partial charge on any atom is -0.504 e. The summed E-state index contributed by atoms with van der Waals surface area (Å²) in [7, 11) is 0.679. The van der Waals surface area contributed by atoms with Crippen LogP contribution in [0.4, 0.5) is 0 Å². The molecule has 0 aromatic heterocycles. The monoisotopic (exact) mass is 484 g/mol. The number of benzene rings is 1. The number of hydrogen-bond donors (Lipinski definition) is 2. The van der Waals surface area contributed by atoms with Gasteiger partial charge >= 0.3 is 0 Å². The van der Waals surface area contributed by atoms with E-state index in [0.29, 0.717) is 24.9 Å². The number of aliphatic hydroxyl groups is 1. The normalized spacial score (nSPS) is 66.6. The van der Waals surface area contributed by atoms with Gasteiger partial charge in [0.15, 0.2) is 11.5 Å². The maximum absolute atomic E-state index is 12.7.